The molecule has 1 atom stereocenters. The van der Waals surface area contributed by atoms with E-state index in [1.165, 1.54) is 6.07 Å². The number of benzene rings is 1. The van der Waals surface area contributed by atoms with Gasteiger partial charge in [-0.15, -0.1) is 12.3 Å². The van der Waals surface area contributed by atoms with Gasteiger partial charge in [-0.25, -0.2) is 4.39 Å². The van der Waals surface area contributed by atoms with Crippen molar-refractivity contribution in [1.82, 2.24) is 0 Å². The van der Waals surface area contributed by atoms with E-state index in [1.54, 1.807) is 12.1 Å². The molecule has 86 valence electrons. The van der Waals surface area contributed by atoms with Crippen molar-refractivity contribution in [3.63, 3.8) is 0 Å². The molecule has 0 aromatic heterocycles. The van der Waals surface area contributed by atoms with Gasteiger partial charge in [-0.2, -0.15) is 0 Å². The molecule has 1 aromatic rings. The van der Waals surface area contributed by atoms with E-state index in [0.29, 0.717) is 18.4 Å². The molecule has 0 fully saturated rings. The summed E-state index contributed by atoms with van der Waals surface area (Å²) >= 11 is 5.64. The van der Waals surface area contributed by atoms with Gasteiger partial charge in [-0.05, 0) is 24.5 Å². The van der Waals surface area contributed by atoms with Crippen LogP contribution in [0.1, 0.15) is 24.8 Å². The Kier molecular flexibility index (Phi) is 5.31. The second-order valence-electron chi connectivity index (χ2n) is 3.67. The molecule has 0 spiro atoms. The molecule has 0 saturated carbocycles. The van der Waals surface area contributed by atoms with Crippen molar-refractivity contribution >= 4 is 11.6 Å². The lowest BCUT2D eigenvalue weighted by Gasteiger charge is -2.10. The Morgan fingerprint density at radius 3 is 2.94 bits per heavy atom. The van der Waals surface area contributed by atoms with Gasteiger partial charge < -0.3 is 5.11 Å². The molecule has 1 nitrogen and oxygen atoms in total. The van der Waals surface area contributed by atoms with Crippen LogP contribution < -0.4 is 0 Å². The monoisotopic (exact) mass is 240 g/mol. The lowest BCUT2D eigenvalue weighted by atomic mass is 10.0. The molecule has 0 saturated heterocycles. The summed E-state index contributed by atoms with van der Waals surface area (Å²) in [4.78, 5) is 0. The van der Waals surface area contributed by atoms with Gasteiger partial charge in [0.2, 0.25) is 0 Å². The number of aliphatic hydroxyl groups excluding tert-OH is 1. The molecule has 0 aliphatic carbocycles. The topological polar surface area (TPSA) is 20.2 Å². The molecule has 1 aromatic carbocycles. The van der Waals surface area contributed by atoms with Crippen molar-refractivity contribution in [2.75, 3.05) is 0 Å². The highest BCUT2D eigenvalue weighted by molar-refractivity contribution is 6.30. The second kappa shape index (κ2) is 6.52. The average Bonchev–Trinajstić information content (AvgIpc) is 2.25. The molecule has 1 N–H and O–H groups in total. The van der Waals surface area contributed by atoms with Crippen LogP contribution in [0, 0.1) is 18.2 Å². The van der Waals surface area contributed by atoms with Crippen molar-refractivity contribution in [3.05, 3.63) is 34.6 Å². The number of rotatable bonds is 5. The second-order valence-corrected chi connectivity index (χ2v) is 4.07. The van der Waals surface area contributed by atoms with E-state index in [9.17, 15) is 9.50 Å². The van der Waals surface area contributed by atoms with Crippen LogP contribution in [0.5, 0.6) is 0 Å². The molecule has 16 heavy (non-hydrogen) atoms. The summed E-state index contributed by atoms with van der Waals surface area (Å²) in [6.07, 6.45) is 6.77. The summed E-state index contributed by atoms with van der Waals surface area (Å²) in [6, 6.07) is 4.80. The van der Waals surface area contributed by atoms with Crippen molar-refractivity contribution in [1.29, 1.82) is 0 Å². The highest BCUT2D eigenvalue weighted by atomic mass is 35.5. The van der Waals surface area contributed by atoms with Gasteiger partial charge in [0.05, 0.1) is 11.1 Å². The van der Waals surface area contributed by atoms with E-state index in [4.69, 9.17) is 18.0 Å². The predicted octanol–water partition coefficient (Wildman–Crippen LogP) is 3.19. The van der Waals surface area contributed by atoms with Gasteiger partial charge in [0.1, 0.15) is 5.82 Å². The van der Waals surface area contributed by atoms with Crippen molar-refractivity contribution in [3.8, 4) is 12.3 Å². The Morgan fingerprint density at radius 1 is 1.50 bits per heavy atom. The summed E-state index contributed by atoms with van der Waals surface area (Å²) in [7, 11) is 0. The first-order chi connectivity index (χ1) is 7.65. The van der Waals surface area contributed by atoms with Crippen molar-refractivity contribution in [2.45, 2.75) is 31.8 Å². The maximum atomic E-state index is 13.5. The van der Waals surface area contributed by atoms with Gasteiger partial charge in [0, 0.05) is 12.8 Å². The highest BCUT2D eigenvalue weighted by Crippen LogP contribution is 2.19. The Balaban J connectivity index is 2.53. The summed E-state index contributed by atoms with van der Waals surface area (Å²) in [5.41, 5.74) is 0.445. The fourth-order valence-corrected chi connectivity index (χ4v) is 1.70. The molecule has 0 aliphatic rings. The zero-order chi connectivity index (χ0) is 12.0. The molecule has 1 unspecified atom stereocenters. The van der Waals surface area contributed by atoms with Crippen LogP contribution in [0.25, 0.3) is 0 Å². The molecular formula is C13H14ClFO. The summed E-state index contributed by atoms with van der Waals surface area (Å²) in [6.45, 7) is 0. The number of halogens is 2. The van der Waals surface area contributed by atoms with Crippen molar-refractivity contribution in [2.24, 2.45) is 0 Å². The third kappa shape index (κ3) is 3.84. The van der Waals surface area contributed by atoms with Crippen LogP contribution in [-0.2, 0) is 6.42 Å². The van der Waals surface area contributed by atoms with Gasteiger partial charge in [-0.1, -0.05) is 23.7 Å². The molecule has 3 heteroatoms. The van der Waals surface area contributed by atoms with Crippen LogP contribution in [0.2, 0.25) is 5.02 Å². The molecular weight excluding hydrogens is 227 g/mol. The first kappa shape index (κ1) is 13.0. The molecule has 0 radical (unpaired) electrons. The SMILES string of the molecule is C#CCCCC(O)Cc1cccc(Cl)c1F. The van der Waals surface area contributed by atoms with Crippen LogP contribution in [0.15, 0.2) is 18.2 Å². The van der Waals surface area contributed by atoms with Gasteiger partial charge >= 0.3 is 0 Å². The number of hydrogen-bond acceptors (Lipinski definition) is 1. The highest BCUT2D eigenvalue weighted by Gasteiger charge is 2.11. The molecule has 1 rings (SSSR count). The zero-order valence-corrected chi connectivity index (χ0v) is 9.67. The molecule has 0 aliphatic heterocycles. The fourth-order valence-electron chi connectivity index (χ4n) is 1.50. The fraction of sp³-hybridized carbons (Fsp3) is 0.385. The Hall–Kier alpha value is -1.04. The lowest BCUT2D eigenvalue weighted by Crippen LogP contribution is -2.11. The van der Waals surface area contributed by atoms with Crippen LogP contribution >= 0.6 is 11.6 Å². The van der Waals surface area contributed by atoms with E-state index < -0.39 is 11.9 Å². The predicted molar refractivity (Wildman–Crippen MR) is 63.8 cm³/mol. The minimum atomic E-state index is -0.568. The van der Waals surface area contributed by atoms with Crippen LogP contribution in [0.3, 0.4) is 0 Å². The summed E-state index contributed by atoms with van der Waals surface area (Å²) in [5, 5.41) is 9.76. The van der Waals surface area contributed by atoms with Gasteiger partial charge in [-0.3, -0.25) is 0 Å². The normalized spacial score (nSPS) is 12.1. The quantitative estimate of drug-likeness (QED) is 0.619. The van der Waals surface area contributed by atoms with E-state index in [2.05, 4.69) is 5.92 Å². The van der Waals surface area contributed by atoms with Crippen LogP contribution in [0.4, 0.5) is 4.39 Å². The summed E-state index contributed by atoms with van der Waals surface area (Å²) in [5.74, 6) is 2.06. The number of hydrogen-bond donors (Lipinski definition) is 1. The number of unbranched alkanes of at least 4 members (excludes halogenated alkanes) is 1. The third-order valence-corrected chi connectivity index (χ3v) is 2.64. The van der Waals surface area contributed by atoms with Crippen LogP contribution in [-0.4, -0.2) is 11.2 Å². The smallest absolute Gasteiger partial charge is 0.145 e. The standard InChI is InChI=1S/C13H14ClFO/c1-2-3-4-7-11(16)9-10-6-5-8-12(14)13(10)15/h1,5-6,8,11,16H,3-4,7,9H2. The Morgan fingerprint density at radius 2 is 2.25 bits per heavy atom. The van der Waals surface area contributed by atoms with E-state index >= 15 is 0 Å². The maximum absolute atomic E-state index is 13.5. The number of terminal acetylenes is 1. The van der Waals surface area contributed by atoms with E-state index in [-0.39, 0.29) is 11.4 Å². The number of aliphatic hydroxyl groups is 1. The molecule has 0 amide bonds. The lowest BCUT2D eigenvalue weighted by molar-refractivity contribution is 0.161. The van der Waals surface area contributed by atoms with Gasteiger partial charge in [0.25, 0.3) is 0 Å². The van der Waals surface area contributed by atoms with Gasteiger partial charge in [0.15, 0.2) is 0 Å². The Labute approximate surface area is 100 Å². The minimum Gasteiger partial charge on any atom is -0.393 e. The maximum Gasteiger partial charge on any atom is 0.145 e. The minimum absolute atomic E-state index is 0.0910. The zero-order valence-electron chi connectivity index (χ0n) is 8.92. The first-order valence-electron chi connectivity index (χ1n) is 5.19. The molecule has 0 heterocycles. The first-order valence-corrected chi connectivity index (χ1v) is 5.57. The third-order valence-electron chi connectivity index (χ3n) is 2.35. The average molecular weight is 241 g/mol. The van der Waals surface area contributed by atoms with Crippen molar-refractivity contribution < 1.29 is 9.50 Å². The largest absolute Gasteiger partial charge is 0.393 e. The Bertz CT molecular complexity index is 384. The molecule has 0 bridgehead atoms. The van der Waals surface area contributed by atoms with E-state index in [1.807, 2.05) is 0 Å². The van der Waals surface area contributed by atoms with E-state index in [0.717, 1.165) is 6.42 Å². The summed E-state index contributed by atoms with van der Waals surface area (Å²) < 4.78 is 13.5.